The van der Waals surface area contributed by atoms with Crippen LogP contribution in [0.4, 0.5) is 0 Å². The van der Waals surface area contributed by atoms with Gasteiger partial charge in [-0.05, 0) is 133 Å². The third-order valence-electron chi connectivity index (χ3n) is 14.8. The van der Waals surface area contributed by atoms with E-state index in [4.69, 9.17) is 4.74 Å². The highest BCUT2D eigenvalue weighted by Crippen LogP contribution is 2.78. The number of rotatable bonds is 2. The molecule has 5 aliphatic rings. The minimum atomic E-state index is -0.211. The Morgan fingerprint density at radius 2 is 1.38 bits per heavy atom. The van der Waals surface area contributed by atoms with Crippen molar-refractivity contribution in [3.63, 3.8) is 0 Å². The summed E-state index contributed by atoms with van der Waals surface area (Å²) >= 11 is 0. The van der Waals surface area contributed by atoms with Crippen LogP contribution < -0.4 is 0 Å². The standard InChI is InChI=1S/C37H54O2/c1-25-27(39-31(38)26-12-10-9-11-13-26)14-15-28-34(25,5)17-16-29-35(28,6)21-23-37(8)30-24-32(2,3)18-19-33(30,4)20-22-36(29,37)7/h9-14,25,28-30H,15-24H2,1-8H3/t25-,28+,29+,30-,33+,34+,35+,36+,37-/m0/s1. The molecule has 4 fully saturated rings. The van der Waals surface area contributed by atoms with E-state index >= 15 is 0 Å². The Morgan fingerprint density at radius 3 is 2.10 bits per heavy atom. The summed E-state index contributed by atoms with van der Waals surface area (Å²) in [4.78, 5) is 13.0. The molecule has 9 atom stereocenters. The average molecular weight is 531 g/mol. The van der Waals surface area contributed by atoms with E-state index in [-0.39, 0.29) is 17.3 Å². The van der Waals surface area contributed by atoms with Gasteiger partial charge in [0.15, 0.2) is 0 Å². The van der Waals surface area contributed by atoms with Gasteiger partial charge in [0.05, 0.1) is 5.56 Å². The Kier molecular flexibility index (Phi) is 6.17. The van der Waals surface area contributed by atoms with Gasteiger partial charge < -0.3 is 4.74 Å². The molecule has 0 unspecified atom stereocenters. The van der Waals surface area contributed by atoms with Crippen LogP contribution in [0.25, 0.3) is 0 Å². The summed E-state index contributed by atoms with van der Waals surface area (Å²) in [5, 5.41) is 0. The van der Waals surface area contributed by atoms with Crippen molar-refractivity contribution in [2.45, 2.75) is 120 Å². The van der Waals surface area contributed by atoms with E-state index in [9.17, 15) is 4.79 Å². The van der Waals surface area contributed by atoms with E-state index in [2.05, 4.69) is 61.5 Å². The summed E-state index contributed by atoms with van der Waals surface area (Å²) in [5.74, 6) is 3.24. The number of carbonyl (C=O) groups excluding carboxylic acids is 1. The predicted octanol–water partition coefficient (Wildman–Crippen LogP) is 10.2. The zero-order valence-corrected chi connectivity index (χ0v) is 26.2. The summed E-state index contributed by atoms with van der Waals surface area (Å²) in [5.41, 5.74) is 3.01. The van der Waals surface area contributed by atoms with Gasteiger partial charge >= 0.3 is 5.97 Å². The van der Waals surface area contributed by atoms with Crippen LogP contribution in [0.3, 0.4) is 0 Å². The van der Waals surface area contributed by atoms with Crippen molar-refractivity contribution in [3.8, 4) is 0 Å². The van der Waals surface area contributed by atoms with Gasteiger partial charge in [-0.2, -0.15) is 0 Å². The van der Waals surface area contributed by atoms with Gasteiger partial charge in [0, 0.05) is 5.92 Å². The van der Waals surface area contributed by atoms with Gasteiger partial charge in [-0.3, -0.25) is 0 Å². The van der Waals surface area contributed by atoms with E-state index in [0.717, 1.165) is 24.0 Å². The number of esters is 1. The molecule has 0 amide bonds. The van der Waals surface area contributed by atoms with Crippen molar-refractivity contribution in [2.75, 3.05) is 0 Å². The molecule has 0 aromatic heterocycles. The lowest BCUT2D eigenvalue weighted by atomic mass is 9.30. The fourth-order valence-corrected chi connectivity index (χ4v) is 11.8. The van der Waals surface area contributed by atoms with Crippen LogP contribution in [-0.2, 0) is 4.74 Å². The second kappa shape index (κ2) is 8.72. The van der Waals surface area contributed by atoms with Crippen LogP contribution in [0.5, 0.6) is 0 Å². The first kappa shape index (κ1) is 27.6. The van der Waals surface area contributed by atoms with Crippen LogP contribution in [0.2, 0.25) is 0 Å². The van der Waals surface area contributed by atoms with E-state index in [0.29, 0.717) is 38.6 Å². The second-order valence-corrected chi connectivity index (χ2v) is 16.9. The molecular formula is C37H54O2. The molecule has 214 valence electrons. The summed E-state index contributed by atoms with van der Waals surface area (Å²) in [6, 6.07) is 9.48. The van der Waals surface area contributed by atoms with Crippen molar-refractivity contribution < 1.29 is 9.53 Å². The molecule has 0 radical (unpaired) electrons. The number of fused-ring (bicyclic) bond motifs is 7. The van der Waals surface area contributed by atoms with Crippen LogP contribution in [-0.4, -0.2) is 5.97 Å². The van der Waals surface area contributed by atoms with Crippen LogP contribution >= 0.6 is 0 Å². The summed E-state index contributed by atoms with van der Waals surface area (Å²) < 4.78 is 6.11. The minimum absolute atomic E-state index is 0.173. The van der Waals surface area contributed by atoms with Crippen LogP contribution in [0.15, 0.2) is 42.2 Å². The Hall–Kier alpha value is -1.57. The molecule has 1 aromatic rings. The normalized spacial score (nSPS) is 48.5. The molecule has 6 rings (SSSR count). The fraction of sp³-hybridized carbons (Fsp3) is 0.757. The summed E-state index contributed by atoms with van der Waals surface area (Å²) in [7, 11) is 0. The zero-order chi connectivity index (χ0) is 28.1. The van der Waals surface area contributed by atoms with Gasteiger partial charge in [-0.15, -0.1) is 0 Å². The quantitative estimate of drug-likeness (QED) is 0.356. The lowest BCUT2D eigenvalue weighted by molar-refractivity contribution is -0.254. The third-order valence-corrected chi connectivity index (χ3v) is 14.8. The minimum Gasteiger partial charge on any atom is -0.428 e. The molecule has 0 saturated heterocycles. The maximum atomic E-state index is 13.0. The molecule has 5 aliphatic carbocycles. The van der Waals surface area contributed by atoms with Gasteiger partial charge in [0.25, 0.3) is 0 Å². The molecule has 0 spiro atoms. The highest BCUT2D eigenvalue weighted by molar-refractivity contribution is 5.90. The van der Waals surface area contributed by atoms with Crippen LogP contribution in [0.1, 0.15) is 130 Å². The summed E-state index contributed by atoms with van der Waals surface area (Å²) in [6.45, 7) is 20.8. The van der Waals surface area contributed by atoms with Gasteiger partial charge in [0.2, 0.25) is 0 Å². The monoisotopic (exact) mass is 530 g/mol. The molecule has 0 bridgehead atoms. The van der Waals surface area contributed by atoms with Crippen molar-refractivity contribution in [3.05, 3.63) is 47.7 Å². The maximum Gasteiger partial charge on any atom is 0.343 e. The Labute approximate surface area is 238 Å². The molecule has 1 aromatic carbocycles. The van der Waals surface area contributed by atoms with Crippen molar-refractivity contribution in [2.24, 2.45) is 56.2 Å². The zero-order valence-electron chi connectivity index (χ0n) is 26.2. The lowest BCUT2D eigenvalue weighted by Crippen LogP contribution is -2.67. The fourth-order valence-electron chi connectivity index (χ4n) is 11.8. The molecule has 4 saturated carbocycles. The largest absolute Gasteiger partial charge is 0.428 e. The molecule has 39 heavy (non-hydrogen) atoms. The van der Waals surface area contributed by atoms with Crippen LogP contribution in [0, 0.1) is 56.2 Å². The first-order valence-electron chi connectivity index (χ1n) is 16.2. The topological polar surface area (TPSA) is 26.3 Å². The molecule has 0 aliphatic heterocycles. The van der Waals surface area contributed by atoms with E-state index in [1.165, 1.54) is 57.8 Å². The molecule has 0 N–H and O–H groups in total. The number of ether oxygens (including phenoxy) is 1. The summed E-state index contributed by atoms with van der Waals surface area (Å²) in [6.07, 6.45) is 15.7. The van der Waals surface area contributed by atoms with E-state index in [1.807, 2.05) is 30.3 Å². The lowest BCUT2D eigenvalue weighted by Gasteiger charge is -2.74. The third kappa shape index (κ3) is 3.81. The highest BCUT2D eigenvalue weighted by atomic mass is 16.5. The van der Waals surface area contributed by atoms with Crippen molar-refractivity contribution in [1.29, 1.82) is 0 Å². The molecule has 0 heterocycles. The number of benzene rings is 1. The predicted molar refractivity (Wildman–Crippen MR) is 160 cm³/mol. The number of allylic oxidation sites excluding steroid dienone is 2. The first-order chi connectivity index (χ1) is 18.2. The van der Waals surface area contributed by atoms with Gasteiger partial charge in [-0.25, -0.2) is 4.79 Å². The van der Waals surface area contributed by atoms with E-state index < -0.39 is 0 Å². The smallest absolute Gasteiger partial charge is 0.343 e. The number of carbonyl (C=O) groups is 1. The Bertz CT molecular complexity index is 1170. The SMILES string of the molecule is C[C@H]1C(OC(=O)c2ccccc2)=CC[C@@H]2[C@]1(C)CC[C@@H]1[C@]2(C)CC[C@@]2(C)[C@H]3CC(C)(C)CC[C@]3(C)CC[C@]12C. The number of hydrogen-bond donors (Lipinski definition) is 0. The molecule has 2 heteroatoms. The first-order valence-corrected chi connectivity index (χ1v) is 16.2. The van der Waals surface area contributed by atoms with Crippen molar-refractivity contribution in [1.82, 2.24) is 0 Å². The van der Waals surface area contributed by atoms with Crippen molar-refractivity contribution >= 4 is 5.97 Å². The highest BCUT2D eigenvalue weighted by Gasteiger charge is 2.70. The molecular weight excluding hydrogens is 476 g/mol. The van der Waals surface area contributed by atoms with Gasteiger partial charge in [0.1, 0.15) is 5.76 Å². The number of hydrogen-bond acceptors (Lipinski definition) is 2. The Balaban J connectivity index is 1.30. The second-order valence-electron chi connectivity index (χ2n) is 16.9. The maximum absolute atomic E-state index is 13.0. The Morgan fingerprint density at radius 1 is 0.744 bits per heavy atom. The van der Waals surface area contributed by atoms with Gasteiger partial charge in [-0.1, -0.05) is 73.6 Å². The molecule has 2 nitrogen and oxygen atoms in total. The van der Waals surface area contributed by atoms with E-state index in [1.54, 1.807) is 0 Å². The average Bonchev–Trinajstić information content (AvgIpc) is 2.89.